The second kappa shape index (κ2) is 6.92. The molecule has 0 saturated carbocycles. The molecule has 0 aliphatic rings. The summed E-state index contributed by atoms with van der Waals surface area (Å²) in [5.41, 5.74) is 0.439. The predicted molar refractivity (Wildman–Crippen MR) is 82.1 cm³/mol. The standard InChI is InChI=1S/C16H21N3O2/c1-4-19(11-13-7-6-10-21-13)16(20)14-8-5-9-15(18-14)17-12(2)3/h5-10,12H,4,11H2,1-3H3,(H,17,18). The average molecular weight is 287 g/mol. The maximum absolute atomic E-state index is 12.5. The summed E-state index contributed by atoms with van der Waals surface area (Å²) in [6.07, 6.45) is 1.61. The van der Waals surface area contributed by atoms with E-state index in [1.54, 1.807) is 17.2 Å². The molecule has 2 aromatic rings. The van der Waals surface area contributed by atoms with Gasteiger partial charge in [0.1, 0.15) is 17.3 Å². The van der Waals surface area contributed by atoms with Crippen LogP contribution >= 0.6 is 0 Å². The molecule has 0 aliphatic heterocycles. The number of carbonyl (C=O) groups excluding carboxylic acids is 1. The van der Waals surface area contributed by atoms with E-state index in [2.05, 4.69) is 10.3 Å². The Morgan fingerprint density at radius 3 is 2.76 bits per heavy atom. The highest BCUT2D eigenvalue weighted by Crippen LogP contribution is 2.12. The Hall–Kier alpha value is -2.30. The van der Waals surface area contributed by atoms with Crippen LogP contribution in [0.1, 0.15) is 37.0 Å². The van der Waals surface area contributed by atoms with Crippen LogP contribution in [0.2, 0.25) is 0 Å². The van der Waals surface area contributed by atoms with E-state index in [0.717, 1.165) is 5.76 Å². The van der Waals surface area contributed by atoms with Crippen LogP contribution in [0.15, 0.2) is 41.0 Å². The van der Waals surface area contributed by atoms with Gasteiger partial charge >= 0.3 is 0 Å². The molecule has 0 unspecified atom stereocenters. The summed E-state index contributed by atoms with van der Waals surface area (Å²) in [6.45, 7) is 7.06. The Morgan fingerprint density at radius 2 is 2.14 bits per heavy atom. The van der Waals surface area contributed by atoms with Gasteiger partial charge in [-0.15, -0.1) is 0 Å². The van der Waals surface area contributed by atoms with Gasteiger partial charge in [0.2, 0.25) is 0 Å². The molecule has 0 atom stereocenters. The van der Waals surface area contributed by atoms with Crippen molar-refractivity contribution in [3.05, 3.63) is 48.0 Å². The molecule has 0 radical (unpaired) electrons. The van der Waals surface area contributed by atoms with E-state index >= 15 is 0 Å². The third-order valence-electron chi connectivity index (χ3n) is 3.00. The first kappa shape index (κ1) is 15.1. The molecule has 0 bridgehead atoms. The number of nitrogens with zero attached hydrogens (tertiary/aromatic N) is 2. The molecular weight excluding hydrogens is 266 g/mol. The summed E-state index contributed by atoms with van der Waals surface area (Å²) in [4.78, 5) is 18.6. The molecule has 5 heteroatoms. The smallest absolute Gasteiger partial charge is 0.272 e. The topological polar surface area (TPSA) is 58.4 Å². The number of rotatable bonds is 6. The molecular formula is C16H21N3O2. The van der Waals surface area contributed by atoms with Gasteiger partial charge in [0.05, 0.1) is 12.8 Å². The molecule has 1 amide bonds. The van der Waals surface area contributed by atoms with Crippen LogP contribution in [-0.2, 0) is 6.54 Å². The first-order chi connectivity index (χ1) is 10.1. The van der Waals surface area contributed by atoms with E-state index in [1.807, 2.05) is 45.0 Å². The molecule has 0 saturated heterocycles. The lowest BCUT2D eigenvalue weighted by atomic mass is 10.3. The summed E-state index contributed by atoms with van der Waals surface area (Å²) in [7, 11) is 0. The summed E-state index contributed by atoms with van der Waals surface area (Å²) in [5, 5.41) is 3.20. The number of hydrogen-bond donors (Lipinski definition) is 1. The Morgan fingerprint density at radius 1 is 1.33 bits per heavy atom. The SMILES string of the molecule is CCN(Cc1ccco1)C(=O)c1cccc(NC(C)C)n1. The first-order valence-corrected chi connectivity index (χ1v) is 7.15. The Labute approximate surface area is 125 Å². The van der Waals surface area contributed by atoms with Crippen molar-refractivity contribution in [1.29, 1.82) is 0 Å². The van der Waals surface area contributed by atoms with E-state index < -0.39 is 0 Å². The van der Waals surface area contributed by atoms with Crippen molar-refractivity contribution in [2.75, 3.05) is 11.9 Å². The molecule has 2 aromatic heterocycles. The number of anilines is 1. The first-order valence-electron chi connectivity index (χ1n) is 7.15. The second-order valence-corrected chi connectivity index (χ2v) is 5.11. The van der Waals surface area contributed by atoms with Crippen molar-refractivity contribution in [1.82, 2.24) is 9.88 Å². The highest BCUT2D eigenvalue weighted by Gasteiger charge is 2.17. The quantitative estimate of drug-likeness (QED) is 0.886. The summed E-state index contributed by atoms with van der Waals surface area (Å²) in [6, 6.07) is 9.39. The molecule has 2 heterocycles. The number of carbonyl (C=O) groups is 1. The van der Waals surface area contributed by atoms with Gasteiger partial charge < -0.3 is 14.6 Å². The van der Waals surface area contributed by atoms with Crippen LogP contribution in [0, 0.1) is 0 Å². The van der Waals surface area contributed by atoms with Crippen molar-refractivity contribution in [3.8, 4) is 0 Å². The van der Waals surface area contributed by atoms with Gasteiger partial charge in [-0.25, -0.2) is 4.98 Å². The number of furan rings is 1. The minimum atomic E-state index is -0.0960. The Balaban J connectivity index is 2.13. The van der Waals surface area contributed by atoms with Crippen LogP contribution in [0.5, 0.6) is 0 Å². The van der Waals surface area contributed by atoms with Crippen LogP contribution in [0.3, 0.4) is 0 Å². The van der Waals surface area contributed by atoms with Crippen LogP contribution in [0.4, 0.5) is 5.82 Å². The number of amides is 1. The molecule has 0 aliphatic carbocycles. The molecule has 0 aromatic carbocycles. The van der Waals surface area contributed by atoms with Gasteiger partial charge in [-0.1, -0.05) is 6.07 Å². The maximum atomic E-state index is 12.5. The van der Waals surface area contributed by atoms with Crippen molar-refractivity contribution in [2.24, 2.45) is 0 Å². The summed E-state index contributed by atoms with van der Waals surface area (Å²) >= 11 is 0. The fraction of sp³-hybridized carbons (Fsp3) is 0.375. The van der Waals surface area contributed by atoms with Crippen molar-refractivity contribution in [3.63, 3.8) is 0 Å². The monoisotopic (exact) mass is 287 g/mol. The lowest BCUT2D eigenvalue weighted by Crippen LogP contribution is -2.31. The lowest BCUT2D eigenvalue weighted by molar-refractivity contribution is 0.0735. The normalized spacial score (nSPS) is 10.7. The van der Waals surface area contributed by atoms with E-state index in [4.69, 9.17) is 4.42 Å². The third-order valence-corrected chi connectivity index (χ3v) is 3.00. The molecule has 2 rings (SSSR count). The van der Waals surface area contributed by atoms with Crippen LogP contribution < -0.4 is 5.32 Å². The minimum absolute atomic E-state index is 0.0960. The highest BCUT2D eigenvalue weighted by molar-refractivity contribution is 5.92. The highest BCUT2D eigenvalue weighted by atomic mass is 16.3. The summed E-state index contributed by atoms with van der Waals surface area (Å²) in [5.74, 6) is 1.38. The minimum Gasteiger partial charge on any atom is -0.467 e. The van der Waals surface area contributed by atoms with Crippen molar-refractivity contribution < 1.29 is 9.21 Å². The van der Waals surface area contributed by atoms with Gasteiger partial charge in [0.15, 0.2) is 0 Å². The zero-order valence-electron chi connectivity index (χ0n) is 12.7. The predicted octanol–water partition coefficient (Wildman–Crippen LogP) is 3.16. The van der Waals surface area contributed by atoms with Gasteiger partial charge in [0, 0.05) is 12.6 Å². The molecule has 0 fully saturated rings. The van der Waals surface area contributed by atoms with Crippen LogP contribution in [0.25, 0.3) is 0 Å². The number of aromatic nitrogens is 1. The Bertz CT molecular complexity index is 579. The Kier molecular flexibility index (Phi) is 4.98. The largest absolute Gasteiger partial charge is 0.467 e. The van der Waals surface area contributed by atoms with Gasteiger partial charge in [-0.05, 0) is 45.0 Å². The second-order valence-electron chi connectivity index (χ2n) is 5.11. The zero-order valence-corrected chi connectivity index (χ0v) is 12.7. The number of pyridine rings is 1. The molecule has 5 nitrogen and oxygen atoms in total. The fourth-order valence-corrected chi connectivity index (χ4v) is 2.01. The zero-order chi connectivity index (χ0) is 15.2. The third kappa shape index (κ3) is 4.08. The van der Waals surface area contributed by atoms with Crippen molar-refractivity contribution in [2.45, 2.75) is 33.4 Å². The number of nitrogens with one attached hydrogen (secondary N) is 1. The van der Waals surface area contributed by atoms with E-state index in [0.29, 0.717) is 24.6 Å². The van der Waals surface area contributed by atoms with Crippen molar-refractivity contribution >= 4 is 11.7 Å². The molecule has 112 valence electrons. The fourth-order valence-electron chi connectivity index (χ4n) is 2.01. The number of hydrogen-bond acceptors (Lipinski definition) is 4. The van der Waals surface area contributed by atoms with Gasteiger partial charge in [-0.2, -0.15) is 0 Å². The molecule has 21 heavy (non-hydrogen) atoms. The van der Waals surface area contributed by atoms with Gasteiger partial charge in [-0.3, -0.25) is 4.79 Å². The van der Waals surface area contributed by atoms with E-state index in [9.17, 15) is 4.79 Å². The molecule has 1 N–H and O–H groups in total. The van der Waals surface area contributed by atoms with Crippen LogP contribution in [-0.4, -0.2) is 28.4 Å². The van der Waals surface area contributed by atoms with E-state index in [-0.39, 0.29) is 11.9 Å². The van der Waals surface area contributed by atoms with E-state index in [1.165, 1.54) is 0 Å². The lowest BCUT2D eigenvalue weighted by Gasteiger charge is -2.19. The average Bonchev–Trinajstić information content (AvgIpc) is 2.96. The maximum Gasteiger partial charge on any atom is 0.272 e. The molecule has 0 spiro atoms. The van der Waals surface area contributed by atoms with Gasteiger partial charge in [0.25, 0.3) is 5.91 Å². The summed E-state index contributed by atoms with van der Waals surface area (Å²) < 4.78 is 5.30.